The highest BCUT2D eigenvalue weighted by Crippen LogP contribution is 2.27. The van der Waals surface area contributed by atoms with Crippen molar-refractivity contribution >= 4 is 17.3 Å². The number of nitro groups is 1. The molecule has 0 spiro atoms. The van der Waals surface area contributed by atoms with E-state index in [9.17, 15) is 20.0 Å². The van der Waals surface area contributed by atoms with Gasteiger partial charge in [-0.1, -0.05) is 0 Å². The van der Waals surface area contributed by atoms with Gasteiger partial charge >= 0.3 is 5.97 Å². The summed E-state index contributed by atoms with van der Waals surface area (Å²) >= 11 is 0. The molecule has 2 N–H and O–H groups in total. The highest BCUT2D eigenvalue weighted by Gasteiger charge is 2.23. The molecule has 0 aromatic heterocycles. The number of hydrogen-bond acceptors (Lipinski definition) is 6. The molecule has 114 valence electrons. The maximum absolute atomic E-state index is 11.3. The summed E-state index contributed by atoms with van der Waals surface area (Å²) in [7, 11) is 0. The van der Waals surface area contributed by atoms with Crippen molar-refractivity contribution in [2.75, 3.05) is 44.2 Å². The molecule has 1 aliphatic heterocycles. The molecule has 0 atom stereocenters. The minimum absolute atomic E-state index is 0.0659. The first-order valence-corrected chi connectivity index (χ1v) is 6.63. The molecule has 0 unspecified atom stereocenters. The Morgan fingerprint density at radius 3 is 2.48 bits per heavy atom. The Bertz CT molecular complexity index is 541. The van der Waals surface area contributed by atoms with Gasteiger partial charge in [-0.2, -0.15) is 0 Å². The fraction of sp³-hybridized carbons (Fsp3) is 0.462. The van der Waals surface area contributed by atoms with Crippen molar-refractivity contribution in [3.63, 3.8) is 0 Å². The van der Waals surface area contributed by atoms with E-state index >= 15 is 0 Å². The van der Waals surface area contributed by atoms with Gasteiger partial charge in [-0.15, -0.1) is 0 Å². The van der Waals surface area contributed by atoms with Gasteiger partial charge in [0, 0.05) is 44.9 Å². The van der Waals surface area contributed by atoms with Crippen molar-refractivity contribution in [3.8, 4) is 0 Å². The Labute approximate surface area is 121 Å². The third-order valence-electron chi connectivity index (χ3n) is 3.55. The summed E-state index contributed by atoms with van der Waals surface area (Å²) in [5.41, 5.74) is 0.323. The van der Waals surface area contributed by atoms with Gasteiger partial charge < -0.3 is 15.1 Å². The first-order valence-electron chi connectivity index (χ1n) is 6.63. The summed E-state index contributed by atoms with van der Waals surface area (Å²) in [6.45, 7) is 3.17. The first-order chi connectivity index (χ1) is 10.0. The number of aliphatic hydroxyl groups excluding tert-OH is 1. The smallest absolute Gasteiger partial charge is 0.337 e. The molecule has 2 rings (SSSR count). The number of carboxylic acid groups (broad SMARTS) is 1. The molecular formula is C13H17N3O5. The summed E-state index contributed by atoms with van der Waals surface area (Å²) in [5.74, 6) is -1.10. The lowest BCUT2D eigenvalue weighted by Gasteiger charge is -2.36. The molecule has 0 radical (unpaired) electrons. The number of rotatable bonds is 5. The molecule has 0 bridgehead atoms. The summed E-state index contributed by atoms with van der Waals surface area (Å²) in [4.78, 5) is 25.5. The molecule has 1 fully saturated rings. The Hall–Kier alpha value is -2.19. The van der Waals surface area contributed by atoms with Crippen LogP contribution in [0.1, 0.15) is 10.4 Å². The Morgan fingerprint density at radius 1 is 1.29 bits per heavy atom. The van der Waals surface area contributed by atoms with Crippen LogP contribution in [-0.2, 0) is 0 Å². The molecule has 21 heavy (non-hydrogen) atoms. The van der Waals surface area contributed by atoms with Crippen LogP contribution in [0.3, 0.4) is 0 Å². The zero-order valence-electron chi connectivity index (χ0n) is 11.4. The number of nitrogens with zero attached hydrogens (tertiary/aromatic N) is 3. The van der Waals surface area contributed by atoms with E-state index < -0.39 is 10.9 Å². The van der Waals surface area contributed by atoms with Crippen LogP contribution in [0.25, 0.3) is 0 Å². The van der Waals surface area contributed by atoms with E-state index in [2.05, 4.69) is 4.90 Å². The number of aliphatic hydroxyl groups is 1. The summed E-state index contributed by atoms with van der Waals surface area (Å²) < 4.78 is 0. The number of nitro benzene ring substituents is 1. The van der Waals surface area contributed by atoms with Crippen LogP contribution in [-0.4, -0.2) is 65.3 Å². The second kappa shape index (κ2) is 6.51. The zero-order chi connectivity index (χ0) is 15.4. The van der Waals surface area contributed by atoms with Crippen LogP contribution >= 0.6 is 0 Å². The van der Waals surface area contributed by atoms with Crippen LogP contribution in [0.2, 0.25) is 0 Å². The van der Waals surface area contributed by atoms with Crippen LogP contribution in [0.4, 0.5) is 11.4 Å². The topological polar surface area (TPSA) is 107 Å². The largest absolute Gasteiger partial charge is 0.478 e. The molecule has 0 saturated carbocycles. The average molecular weight is 295 g/mol. The molecule has 1 aliphatic rings. The lowest BCUT2D eigenvalue weighted by molar-refractivity contribution is -0.384. The molecule has 1 aromatic rings. The lowest BCUT2D eigenvalue weighted by Crippen LogP contribution is -2.47. The predicted octanol–water partition coefficient (Wildman–Crippen LogP) is 0.407. The number of benzene rings is 1. The van der Waals surface area contributed by atoms with Crippen LogP contribution < -0.4 is 4.90 Å². The number of hydrogen-bond donors (Lipinski definition) is 2. The van der Waals surface area contributed by atoms with Gasteiger partial charge in [0.25, 0.3) is 5.69 Å². The second-order valence-corrected chi connectivity index (χ2v) is 4.82. The quantitative estimate of drug-likeness (QED) is 0.598. The highest BCUT2D eigenvalue weighted by atomic mass is 16.6. The first kappa shape index (κ1) is 15.2. The van der Waals surface area contributed by atoms with Gasteiger partial charge in [0.1, 0.15) is 0 Å². The van der Waals surface area contributed by atoms with Crippen molar-refractivity contribution in [2.24, 2.45) is 0 Å². The molecule has 0 aliphatic carbocycles. The van der Waals surface area contributed by atoms with E-state index in [1.165, 1.54) is 18.2 Å². The van der Waals surface area contributed by atoms with Gasteiger partial charge in [0.2, 0.25) is 0 Å². The van der Waals surface area contributed by atoms with Gasteiger partial charge in [-0.05, 0) is 6.07 Å². The van der Waals surface area contributed by atoms with Crippen molar-refractivity contribution < 1.29 is 19.9 Å². The third-order valence-corrected chi connectivity index (χ3v) is 3.55. The van der Waals surface area contributed by atoms with Crippen molar-refractivity contribution in [1.29, 1.82) is 0 Å². The van der Waals surface area contributed by atoms with Crippen molar-refractivity contribution in [3.05, 3.63) is 33.9 Å². The minimum Gasteiger partial charge on any atom is -0.478 e. The summed E-state index contributed by atoms with van der Waals surface area (Å²) in [6, 6.07) is 3.79. The van der Waals surface area contributed by atoms with Crippen LogP contribution in [0.5, 0.6) is 0 Å². The van der Waals surface area contributed by atoms with E-state index in [1.807, 2.05) is 4.90 Å². The number of piperazine rings is 1. The molecule has 8 heteroatoms. The molecule has 1 heterocycles. The molecule has 1 saturated heterocycles. The van der Waals surface area contributed by atoms with E-state index in [1.54, 1.807) is 0 Å². The van der Waals surface area contributed by atoms with Gasteiger partial charge in [-0.3, -0.25) is 15.0 Å². The number of anilines is 1. The third kappa shape index (κ3) is 3.47. The number of non-ortho nitro benzene ring substituents is 1. The average Bonchev–Trinajstić information content (AvgIpc) is 2.47. The van der Waals surface area contributed by atoms with Crippen molar-refractivity contribution in [2.45, 2.75) is 0 Å². The normalized spacial score (nSPS) is 16.0. The van der Waals surface area contributed by atoms with Gasteiger partial charge in [0.15, 0.2) is 0 Å². The van der Waals surface area contributed by atoms with E-state index in [0.29, 0.717) is 38.4 Å². The summed E-state index contributed by atoms with van der Waals surface area (Å²) in [6.07, 6.45) is 0. The molecular weight excluding hydrogens is 278 g/mol. The zero-order valence-corrected chi connectivity index (χ0v) is 11.4. The van der Waals surface area contributed by atoms with E-state index in [4.69, 9.17) is 5.11 Å². The summed E-state index contributed by atoms with van der Waals surface area (Å²) in [5, 5.41) is 29.0. The number of carboxylic acids is 1. The Kier molecular flexibility index (Phi) is 4.71. The lowest BCUT2D eigenvalue weighted by atomic mass is 10.1. The minimum atomic E-state index is -1.10. The standard InChI is InChI=1S/C13H17N3O5/c17-8-7-14-3-5-15(6-4-14)12-9-10(16(20)21)1-2-11(12)13(18)19/h1-2,9,17H,3-8H2,(H,18,19). The number of aromatic carboxylic acids is 1. The maximum atomic E-state index is 11.3. The van der Waals surface area contributed by atoms with Gasteiger partial charge in [-0.25, -0.2) is 4.79 Å². The van der Waals surface area contributed by atoms with E-state index in [0.717, 1.165) is 0 Å². The fourth-order valence-corrected chi connectivity index (χ4v) is 2.43. The van der Waals surface area contributed by atoms with Crippen LogP contribution in [0, 0.1) is 10.1 Å². The second-order valence-electron chi connectivity index (χ2n) is 4.82. The number of carbonyl (C=O) groups is 1. The monoisotopic (exact) mass is 295 g/mol. The van der Waals surface area contributed by atoms with E-state index in [-0.39, 0.29) is 17.9 Å². The van der Waals surface area contributed by atoms with Crippen LogP contribution in [0.15, 0.2) is 18.2 Å². The number of β-amino-alcohol motifs (C(OH)–C–C–N with tert-alkyl or cyclic N) is 1. The predicted molar refractivity (Wildman–Crippen MR) is 75.8 cm³/mol. The molecule has 8 nitrogen and oxygen atoms in total. The SMILES string of the molecule is O=C(O)c1ccc([N+](=O)[O-])cc1N1CCN(CCO)CC1. The fourth-order valence-electron chi connectivity index (χ4n) is 2.43. The van der Waals surface area contributed by atoms with Crippen molar-refractivity contribution in [1.82, 2.24) is 4.90 Å². The Balaban J connectivity index is 2.23. The molecule has 0 amide bonds. The highest BCUT2D eigenvalue weighted by molar-refractivity contribution is 5.95. The Morgan fingerprint density at radius 2 is 1.95 bits per heavy atom. The molecule has 1 aromatic carbocycles. The maximum Gasteiger partial charge on any atom is 0.337 e. The van der Waals surface area contributed by atoms with Gasteiger partial charge in [0.05, 0.1) is 22.8 Å².